The van der Waals surface area contributed by atoms with Gasteiger partial charge in [-0.15, -0.1) is 0 Å². The fraction of sp³-hybridized carbons (Fsp3) is 0.333. The van der Waals surface area contributed by atoms with Crippen LogP contribution in [0.1, 0.15) is 42.7 Å². The lowest BCUT2D eigenvalue weighted by atomic mass is 10.2. The van der Waals surface area contributed by atoms with Crippen LogP contribution in [0.15, 0.2) is 36.5 Å². The third-order valence-electron chi connectivity index (χ3n) is 3.42. The Hall–Kier alpha value is -2.94. The molecule has 2 aromatic rings. The van der Waals surface area contributed by atoms with Crippen LogP contribution in [-0.4, -0.2) is 29.0 Å². The van der Waals surface area contributed by atoms with Gasteiger partial charge in [0.05, 0.1) is 11.6 Å². The number of nitrogens with one attached hydrogen (secondary N) is 1. The zero-order valence-corrected chi connectivity index (χ0v) is 14.0. The number of carbonyl (C=O) groups is 1. The van der Waals surface area contributed by atoms with Gasteiger partial charge in [0.2, 0.25) is 5.95 Å². The summed E-state index contributed by atoms with van der Waals surface area (Å²) in [6, 6.07) is 10.3. The number of nitrogens with zero attached hydrogens (tertiary/aromatic N) is 4. The molecule has 24 heavy (non-hydrogen) atoms. The molecule has 0 bridgehead atoms. The van der Waals surface area contributed by atoms with Crippen molar-refractivity contribution in [3.05, 3.63) is 47.8 Å². The zero-order valence-electron chi connectivity index (χ0n) is 14.0. The summed E-state index contributed by atoms with van der Waals surface area (Å²) in [4.78, 5) is 23.1. The highest BCUT2D eigenvalue weighted by Gasteiger charge is 2.13. The lowest BCUT2D eigenvalue weighted by Crippen LogP contribution is -2.27. The Morgan fingerprint density at radius 1 is 1.17 bits per heavy atom. The zero-order chi connectivity index (χ0) is 17.4. The van der Waals surface area contributed by atoms with Gasteiger partial charge < -0.3 is 10.2 Å². The number of amides is 1. The van der Waals surface area contributed by atoms with Crippen LogP contribution in [0.25, 0.3) is 0 Å². The minimum Gasteiger partial charge on any atom is -0.341 e. The number of aromatic nitrogens is 2. The molecular weight excluding hydrogens is 302 g/mol. The molecule has 0 radical (unpaired) electrons. The molecule has 0 aliphatic rings. The van der Waals surface area contributed by atoms with Crippen molar-refractivity contribution >= 4 is 17.5 Å². The topological polar surface area (TPSA) is 81.9 Å². The van der Waals surface area contributed by atoms with Crippen molar-refractivity contribution in [2.45, 2.75) is 26.7 Å². The summed E-state index contributed by atoms with van der Waals surface area (Å²) in [5, 5.41) is 11.6. The van der Waals surface area contributed by atoms with Gasteiger partial charge in [-0.1, -0.05) is 13.8 Å². The largest absolute Gasteiger partial charge is 0.341 e. The summed E-state index contributed by atoms with van der Waals surface area (Å²) < 4.78 is 0. The van der Waals surface area contributed by atoms with Crippen LogP contribution < -0.4 is 10.2 Å². The lowest BCUT2D eigenvalue weighted by molar-refractivity contribution is 0.102. The number of nitriles is 1. The first-order valence-corrected chi connectivity index (χ1v) is 8.07. The van der Waals surface area contributed by atoms with E-state index in [2.05, 4.69) is 34.0 Å². The normalized spacial score (nSPS) is 10.0. The average Bonchev–Trinajstić information content (AvgIpc) is 2.62. The first-order valence-electron chi connectivity index (χ1n) is 8.07. The number of benzene rings is 1. The number of rotatable bonds is 7. The number of hydrogen-bond acceptors (Lipinski definition) is 5. The third kappa shape index (κ3) is 4.53. The molecule has 124 valence electrons. The molecule has 1 aromatic heterocycles. The summed E-state index contributed by atoms with van der Waals surface area (Å²) >= 11 is 0. The van der Waals surface area contributed by atoms with Crippen LogP contribution in [0, 0.1) is 11.3 Å². The maximum Gasteiger partial charge on any atom is 0.274 e. The molecular formula is C18H21N5O. The van der Waals surface area contributed by atoms with Crippen LogP contribution >= 0.6 is 0 Å². The van der Waals surface area contributed by atoms with E-state index in [1.807, 2.05) is 6.07 Å². The Kier molecular flexibility index (Phi) is 6.26. The van der Waals surface area contributed by atoms with E-state index < -0.39 is 0 Å². The maximum absolute atomic E-state index is 12.4. The third-order valence-corrected chi connectivity index (χ3v) is 3.42. The molecule has 2 rings (SSSR count). The number of anilines is 2. The van der Waals surface area contributed by atoms with Crippen molar-refractivity contribution in [2.75, 3.05) is 23.3 Å². The lowest BCUT2D eigenvalue weighted by Gasteiger charge is -2.21. The van der Waals surface area contributed by atoms with Crippen molar-refractivity contribution in [3.8, 4) is 6.07 Å². The Balaban J connectivity index is 2.14. The van der Waals surface area contributed by atoms with Gasteiger partial charge in [0.1, 0.15) is 5.69 Å². The van der Waals surface area contributed by atoms with Gasteiger partial charge in [0, 0.05) is 25.0 Å². The van der Waals surface area contributed by atoms with Gasteiger partial charge in [-0.25, -0.2) is 9.97 Å². The molecule has 6 heteroatoms. The van der Waals surface area contributed by atoms with E-state index in [-0.39, 0.29) is 5.91 Å². The summed E-state index contributed by atoms with van der Waals surface area (Å²) in [6.07, 6.45) is 3.59. The quantitative estimate of drug-likeness (QED) is 0.846. The first-order chi connectivity index (χ1) is 11.7. The Morgan fingerprint density at radius 2 is 1.83 bits per heavy atom. The van der Waals surface area contributed by atoms with E-state index in [0.717, 1.165) is 25.9 Å². The highest BCUT2D eigenvalue weighted by molar-refractivity contribution is 6.02. The molecule has 0 saturated carbocycles. The summed E-state index contributed by atoms with van der Waals surface area (Å²) in [5.41, 5.74) is 1.49. The number of carbonyl (C=O) groups excluding carboxylic acids is 1. The average molecular weight is 323 g/mol. The van der Waals surface area contributed by atoms with Crippen LogP contribution in [0.3, 0.4) is 0 Å². The van der Waals surface area contributed by atoms with Crippen LogP contribution in [-0.2, 0) is 0 Å². The van der Waals surface area contributed by atoms with Crippen molar-refractivity contribution in [1.29, 1.82) is 5.26 Å². The summed E-state index contributed by atoms with van der Waals surface area (Å²) in [5.74, 6) is 0.280. The van der Waals surface area contributed by atoms with Crippen LogP contribution in [0.2, 0.25) is 0 Å². The second-order valence-corrected chi connectivity index (χ2v) is 5.37. The molecule has 1 heterocycles. The van der Waals surface area contributed by atoms with E-state index >= 15 is 0 Å². The molecule has 0 fully saturated rings. The highest BCUT2D eigenvalue weighted by Crippen LogP contribution is 2.13. The van der Waals surface area contributed by atoms with E-state index in [1.54, 1.807) is 36.5 Å². The molecule has 1 N–H and O–H groups in total. The van der Waals surface area contributed by atoms with Crippen molar-refractivity contribution in [3.63, 3.8) is 0 Å². The van der Waals surface area contributed by atoms with Gasteiger partial charge in [0.15, 0.2) is 0 Å². The van der Waals surface area contributed by atoms with E-state index in [1.165, 1.54) is 0 Å². The molecule has 0 spiro atoms. The van der Waals surface area contributed by atoms with Gasteiger partial charge in [-0.3, -0.25) is 4.79 Å². The standard InChI is InChI=1S/C18H21N5O/c1-3-11-23(12-4-2)18-20-10-9-16(22-18)17(24)21-15-7-5-14(13-19)6-8-15/h5-10H,3-4,11-12H2,1-2H3,(H,21,24). The summed E-state index contributed by atoms with van der Waals surface area (Å²) in [6.45, 7) is 5.91. The van der Waals surface area contributed by atoms with E-state index in [9.17, 15) is 4.79 Å². The molecule has 6 nitrogen and oxygen atoms in total. The molecule has 0 saturated heterocycles. The molecule has 1 aromatic carbocycles. The van der Waals surface area contributed by atoms with Gasteiger partial charge in [0.25, 0.3) is 5.91 Å². The Morgan fingerprint density at radius 3 is 2.42 bits per heavy atom. The SMILES string of the molecule is CCCN(CCC)c1nccc(C(=O)Nc2ccc(C#N)cc2)n1. The van der Waals surface area contributed by atoms with Crippen molar-refractivity contribution in [2.24, 2.45) is 0 Å². The van der Waals surface area contributed by atoms with Gasteiger partial charge in [-0.2, -0.15) is 5.26 Å². The van der Waals surface area contributed by atoms with Crippen LogP contribution in [0.5, 0.6) is 0 Å². The monoisotopic (exact) mass is 323 g/mol. The van der Waals surface area contributed by atoms with Crippen LogP contribution in [0.4, 0.5) is 11.6 Å². The maximum atomic E-state index is 12.4. The van der Waals surface area contributed by atoms with E-state index in [4.69, 9.17) is 5.26 Å². The Labute approximate surface area is 142 Å². The number of hydrogen-bond donors (Lipinski definition) is 1. The first kappa shape index (κ1) is 17.4. The second kappa shape index (κ2) is 8.63. The van der Waals surface area contributed by atoms with Crippen molar-refractivity contribution in [1.82, 2.24) is 9.97 Å². The predicted molar refractivity (Wildman–Crippen MR) is 93.9 cm³/mol. The Bertz CT molecular complexity index is 715. The summed E-state index contributed by atoms with van der Waals surface area (Å²) in [7, 11) is 0. The highest BCUT2D eigenvalue weighted by atomic mass is 16.1. The van der Waals surface area contributed by atoms with Gasteiger partial charge >= 0.3 is 0 Å². The molecule has 0 aliphatic heterocycles. The van der Waals surface area contributed by atoms with E-state index in [0.29, 0.717) is 22.9 Å². The minimum atomic E-state index is -0.295. The molecule has 0 atom stereocenters. The van der Waals surface area contributed by atoms with Crippen molar-refractivity contribution < 1.29 is 4.79 Å². The fourth-order valence-corrected chi connectivity index (χ4v) is 2.30. The second-order valence-electron chi connectivity index (χ2n) is 5.37. The minimum absolute atomic E-state index is 0.295. The molecule has 0 unspecified atom stereocenters. The molecule has 0 aliphatic carbocycles. The molecule has 1 amide bonds. The fourth-order valence-electron chi connectivity index (χ4n) is 2.30. The predicted octanol–water partition coefficient (Wildman–Crippen LogP) is 3.23. The van der Waals surface area contributed by atoms with Gasteiger partial charge in [-0.05, 0) is 43.2 Å². The smallest absolute Gasteiger partial charge is 0.274 e.